The van der Waals surface area contributed by atoms with E-state index in [0.717, 1.165) is 42.6 Å². The number of aryl methyl sites for hydroxylation is 4. The normalized spacial score (nSPS) is 19.6. The van der Waals surface area contributed by atoms with Crippen molar-refractivity contribution in [3.8, 4) is 0 Å². The molecule has 1 atom stereocenters. The zero-order valence-electron chi connectivity index (χ0n) is 20.3. The quantitative estimate of drug-likeness (QED) is 0.504. The second-order valence-electron chi connectivity index (χ2n) is 9.49. The molecule has 10 heteroatoms. The van der Waals surface area contributed by atoms with Gasteiger partial charge in [0.25, 0.3) is 11.5 Å². The molecule has 35 heavy (non-hydrogen) atoms. The number of unbranched alkanes of at least 4 members (excludes halogenated alkanes) is 1. The third-order valence-electron chi connectivity index (χ3n) is 7.27. The summed E-state index contributed by atoms with van der Waals surface area (Å²) >= 11 is 0. The van der Waals surface area contributed by atoms with Gasteiger partial charge < -0.3 is 9.88 Å². The molecule has 3 aromatic rings. The minimum atomic E-state index is -1.18. The summed E-state index contributed by atoms with van der Waals surface area (Å²) in [6.45, 7) is 6.30. The number of imide groups is 1. The van der Waals surface area contributed by atoms with Gasteiger partial charge in [0.1, 0.15) is 11.4 Å². The Kier molecular flexibility index (Phi) is 5.61. The molecule has 0 bridgehead atoms. The molecule has 184 valence electrons. The number of amides is 3. The van der Waals surface area contributed by atoms with Gasteiger partial charge in [-0.2, -0.15) is 0 Å². The van der Waals surface area contributed by atoms with Gasteiger partial charge in [0.2, 0.25) is 0 Å². The van der Waals surface area contributed by atoms with Crippen LogP contribution in [-0.4, -0.2) is 35.9 Å². The molecule has 1 saturated heterocycles. The molecule has 3 amide bonds. The van der Waals surface area contributed by atoms with Crippen LogP contribution in [0.5, 0.6) is 0 Å². The number of nitrogens with one attached hydrogen (secondary N) is 2. The molecule has 1 fully saturated rings. The Hall–Kier alpha value is -3.69. The monoisotopic (exact) mass is 478 g/mol. The Morgan fingerprint density at radius 2 is 1.83 bits per heavy atom. The van der Waals surface area contributed by atoms with E-state index < -0.39 is 22.8 Å². The van der Waals surface area contributed by atoms with E-state index in [-0.39, 0.29) is 23.6 Å². The third kappa shape index (κ3) is 3.59. The van der Waals surface area contributed by atoms with E-state index in [1.807, 2.05) is 32.0 Å². The Balaban J connectivity index is 1.53. The summed E-state index contributed by atoms with van der Waals surface area (Å²) in [6, 6.07) is 5.48. The van der Waals surface area contributed by atoms with E-state index in [2.05, 4.69) is 15.3 Å². The first kappa shape index (κ1) is 23.1. The molecule has 2 N–H and O–H groups in total. The van der Waals surface area contributed by atoms with Gasteiger partial charge in [0.15, 0.2) is 11.2 Å². The highest BCUT2D eigenvalue weighted by atomic mass is 16.2. The summed E-state index contributed by atoms with van der Waals surface area (Å²) in [7, 11) is 0. The summed E-state index contributed by atoms with van der Waals surface area (Å²) in [5.41, 5.74) is 1.60. The lowest BCUT2D eigenvalue weighted by Crippen LogP contribution is -2.41. The number of rotatable bonds is 7. The molecule has 0 spiro atoms. The van der Waals surface area contributed by atoms with E-state index >= 15 is 0 Å². The Morgan fingerprint density at radius 1 is 1.06 bits per heavy atom. The molecule has 1 unspecified atom stereocenters. The van der Waals surface area contributed by atoms with Crippen molar-refractivity contribution in [1.82, 2.24) is 29.3 Å². The van der Waals surface area contributed by atoms with Crippen molar-refractivity contribution in [2.75, 3.05) is 0 Å². The van der Waals surface area contributed by atoms with Crippen LogP contribution >= 0.6 is 0 Å². The van der Waals surface area contributed by atoms with Crippen molar-refractivity contribution in [2.45, 2.75) is 78.0 Å². The zero-order chi connectivity index (χ0) is 24.9. The van der Waals surface area contributed by atoms with Gasteiger partial charge in [-0.15, -0.1) is 0 Å². The van der Waals surface area contributed by atoms with Crippen LogP contribution < -0.4 is 16.6 Å². The molecule has 0 saturated carbocycles. The molecule has 2 aliphatic rings. The highest BCUT2D eigenvalue weighted by Crippen LogP contribution is 2.33. The maximum absolute atomic E-state index is 13.6. The van der Waals surface area contributed by atoms with E-state index in [9.17, 15) is 19.2 Å². The number of H-pyrrole nitrogens is 1. The van der Waals surface area contributed by atoms with Crippen molar-refractivity contribution in [3.63, 3.8) is 0 Å². The molecule has 0 radical (unpaired) electrons. The fraction of sp³-hybridized carbons (Fsp3) is 0.480. The molecular weight excluding hydrogens is 448 g/mol. The van der Waals surface area contributed by atoms with E-state index in [4.69, 9.17) is 0 Å². The number of urea groups is 1. The average Bonchev–Trinajstić information content (AvgIpc) is 3.50. The van der Waals surface area contributed by atoms with Crippen LogP contribution in [0, 0.1) is 0 Å². The molecule has 1 aromatic carbocycles. The number of imidazole rings is 1. The third-order valence-corrected chi connectivity index (χ3v) is 7.27. The van der Waals surface area contributed by atoms with Gasteiger partial charge in [0, 0.05) is 13.1 Å². The van der Waals surface area contributed by atoms with E-state index in [1.54, 1.807) is 11.5 Å². The summed E-state index contributed by atoms with van der Waals surface area (Å²) in [5, 5.41) is 2.87. The van der Waals surface area contributed by atoms with Crippen LogP contribution in [0.3, 0.4) is 0 Å². The fourth-order valence-corrected chi connectivity index (χ4v) is 5.26. The van der Waals surface area contributed by atoms with E-state index in [0.29, 0.717) is 18.9 Å². The lowest BCUT2D eigenvalue weighted by molar-refractivity contribution is -0.131. The molecular formula is C25H30N6O4. The first-order valence-electron chi connectivity index (χ1n) is 12.3. The Morgan fingerprint density at radius 3 is 2.57 bits per heavy atom. The fourth-order valence-electron chi connectivity index (χ4n) is 5.26. The molecule has 1 aliphatic carbocycles. The number of hydrogen-bond acceptors (Lipinski definition) is 5. The van der Waals surface area contributed by atoms with Crippen molar-refractivity contribution >= 4 is 23.1 Å². The number of aromatic nitrogens is 4. The van der Waals surface area contributed by atoms with Gasteiger partial charge in [-0.25, -0.2) is 14.6 Å². The molecule has 2 aromatic heterocycles. The second-order valence-corrected chi connectivity index (χ2v) is 9.49. The first-order valence-corrected chi connectivity index (χ1v) is 12.3. The van der Waals surface area contributed by atoms with Crippen LogP contribution in [0.25, 0.3) is 11.2 Å². The number of fused-ring (bicyclic) bond motifs is 2. The standard InChI is InChI=1S/C25H30N6O4/c1-4-6-12-30-20-19(21(32)27-23(30)34)29(5-2)18(26-20)14-31-22(33)25(3,28-24(31)35)17-11-10-15-8-7-9-16(15)13-17/h10-11,13H,4-9,12,14H2,1-3H3,(H,28,35)(H,27,32,34). The average molecular weight is 479 g/mol. The number of benzene rings is 1. The molecule has 1 aliphatic heterocycles. The van der Waals surface area contributed by atoms with Gasteiger partial charge >= 0.3 is 11.7 Å². The van der Waals surface area contributed by atoms with Crippen molar-refractivity contribution in [3.05, 3.63) is 61.6 Å². The van der Waals surface area contributed by atoms with Crippen molar-refractivity contribution in [2.24, 2.45) is 0 Å². The minimum absolute atomic E-state index is 0.102. The van der Waals surface area contributed by atoms with Crippen LogP contribution in [0.15, 0.2) is 27.8 Å². The highest BCUT2D eigenvalue weighted by Gasteiger charge is 2.49. The van der Waals surface area contributed by atoms with Crippen LogP contribution in [0.1, 0.15) is 62.5 Å². The van der Waals surface area contributed by atoms with Gasteiger partial charge in [-0.05, 0) is 56.2 Å². The molecule has 5 rings (SSSR count). The first-order chi connectivity index (χ1) is 16.8. The van der Waals surface area contributed by atoms with Crippen LogP contribution in [0.2, 0.25) is 0 Å². The Labute approximate surface area is 202 Å². The Bertz CT molecular complexity index is 1470. The lowest BCUT2D eigenvalue weighted by Gasteiger charge is -2.23. The van der Waals surface area contributed by atoms with E-state index in [1.165, 1.54) is 15.7 Å². The van der Waals surface area contributed by atoms with Crippen molar-refractivity contribution in [1.29, 1.82) is 0 Å². The predicted molar refractivity (Wildman–Crippen MR) is 130 cm³/mol. The zero-order valence-corrected chi connectivity index (χ0v) is 20.3. The maximum atomic E-state index is 13.6. The van der Waals surface area contributed by atoms with Gasteiger partial charge in [-0.1, -0.05) is 31.5 Å². The highest BCUT2D eigenvalue weighted by molar-refractivity contribution is 6.07. The minimum Gasteiger partial charge on any atom is -0.321 e. The predicted octanol–water partition coefficient (Wildman–Crippen LogP) is 2.16. The topological polar surface area (TPSA) is 122 Å². The van der Waals surface area contributed by atoms with Gasteiger partial charge in [-0.3, -0.25) is 24.0 Å². The summed E-state index contributed by atoms with van der Waals surface area (Å²) in [5.74, 6) is 0.0120. The lowest BCUT2D eigenvalue weighted by atomic mass is 9.89. The largest absolute Gasteiger partial charge is 0.330 e. The maximum Gasteiger partial charge on any atom is 0.330 e. The summed E-state index contributed by atoms with van der Waals surface area (Å²) in [6.07, 6.45) is 4.73. The smallest absolute Gasteiger partial charge is 0.321 e. The number of aromatic amines is 1. The second kappa shape index (κ2) is 8.51. The SMILES string of the molecule is CCCCn1c(=O)[nH]c(=O)c2c1nc(CN1C(=O)NC(C)(c3ccc4c(c3)CCC4)C1=O)n2CC. The summed E-state index contributed by atoms with van der Waals surface area (Å²) in [4.78, 5) is 59.8. The van der Waals surface area contributed by atoms with Crippen molar-refractivity contribution < 1.29 is 9.59 Å². The number of carbonyl (C=O) groups is 2. The number of carbonyl (C=O) groups excluding carboxylic acids is 2. The van der Waals surface area contributed by atoms with Crippen LogP contribution in [-0.2, 0) is 42.8 Å². The number of hydrogen-bond donors (Lipinski definition) is 2. The van der Waals surface area contributed by atoms with Gasteiger partial charge in [0.05, 0.1) is 6.54 Å². The molecule has 10 nitrogen and oxygen atoms in total. The van der Waals surface area contributed by atoms with Crippen LogP contribution in [0.4, 0.5) is 4.79 Å². The number of nitrogens with zero attached hydrogens (tertiary/aromatic N) is 4. The summed E-state index contributed by atoms with van der Waals surface area (Å²) < 4.78 is 3.12. The molecule has 3 heterocycles.